The smallest absolute Gasteiger partial charge is 0.0541 e. The van der Waals surface area contributed by atoms with Crippen molar-refractivity contribution >= 4 is 132 Å². The highest BCUT2D eigenvalue weighted by atomic mass is 127. The molecule has 3 heterocycles. The lowest BCUT2D eigenvalue weighted by Crippen LogP contribution is -1.95. The first-order valence-electron chi connectivity index (χ1n) is 26.8. The first-order chi connectivity index (χ1) is 39.0. The van der Waals surface area contributed by atoms with Crippen LogP contribution in [0.15, 0.2) is 273 Å². The molecule has 0 aliphatic carbocycles. The van der Waals surface area contributed by atoms with Gasteiger partial charge in [-0.3, -0.25) is 0 Å². The van der Waals surface area contributed by atoms with E-state index in [0.717, 1.165) is 17.1 Å². The summed E-state index contributed by atoms with van der Waals surface area (Å²) in [6.45, 7) is 0. The Kier molecular flexibility index (Phi) is 10.8. The Hall–Kier alpha value is -8.76. The summed E-state index contributed by atoms with van der Waals surface area (Å²) in [6, 6.07) is 101. The molecular weight excluding hydrogens is 1180 g/mol. The minimum absolute atomic E-state index is 1.12. The van der Waals surface area contributed by atoms with E-state index in [1.54, 1.807) is 0 Å². The quantitative estimate of drug-likeness (QED) is 0.112. The lowest BCUT2D eigenvalue weighted by Gasteiger charge is -2.18. The van der Waals surface area contributed by atoms with Crippen molar-refractivity contribution in [3.8, 4) is 61.6 Å². The normalized spacial score (nSPS) is 11.9. The number of nitrogens with zero attached hydrogens (tertiary/aromatic N) is 3. The van der Waals surface area contributed by atoms with Gasteiger partial charge < -0.3 is 13.7 Å². The molecule has 0 amide bonds. The molecule has 0 aliphatic rings. The molecule has 0 unspecified atom stereocenters. The fraction of sp³-hybridized carbons (Fsp3) is 0. The van der Waals surface area contributed by atoms with Gasteiger partial charge in [-0.05, 0) is 233 Å². The zero-order valence-electron chi connectivity index (χ0n) is 42.6. The second-order valence-corrected chi connectivity index (χ2v) is 23.2. The van der Waals surface area contributed by atoms with Gasteiger partial charge in [-0.15, -0.1) is 0 Å². The molecule has 79 heavy (non-hydrogen) atoms. The Morgan fingerprint density at radius 3 is 0.797 bits per heavy atom. The number of para-hydroxylation sites is 2. The molecule has 0 spiro atoms. The molecular formula is C74H45I2N3. The van der Waals surface area contributed by atoms with Crippen LogP contribution >= 0.6 is 45.2 Å². The summed E-state index contributed by atoms with van der Waals surface area (Å²) in [4.78, 5) is 0. The van der Waals surface area contributed by atoms with Crippen molar-refractivity contribution in [2.75, 3.05) is 0 Å². The summed E-state index contributed by atoms with van der Waals surface area (Å²) in [5, 5.41) is 12.4. The van der Waals surface area contributed by atoms with E-state index in [1.807, 2.05) is 0 Å². The van der Waals surface area contributed by atoms with Crippen LogP contribution in [0, 0.1) is 7.14 Å². The minimum Gasteiger partial charge on any atom is -0.309 e. The summed E-state index contributed by atoms with van der Waals surface area (Å²) in [7, 11) is 0. The first-order valence-corrected chi connectivity index (χ1v) is 28.9. The average molecular weight is 1230 g/mol. The van der Waals surface area contributed by atoms with Crippen molar-refractivity contribution in [1.29, 1.82) is 0 Å². The number of halogens is 2. The summed E-state index contributed by atoms with van der Waals surface area (Å²) in [5.41, 5.74) is 20.3. The predicted molar refractivity (Wildman–Crippen MR) is 352 cm³/mol. The van der Waals surface area contributed by atoms with Crippen molar-refractivity contribution < 1.29 is 0 Å². The summed E-state index contributed by atoms with van der Waals surface area (Å²) >= 11 is 4.78. The van der Waals surface area contributed by atoms with E-state index < -0.39 is 0 Å². The van der Waals surface area contributed by atoms with Gasteiger partial charge in [0.15, 0.2) is 0 Å². The van der Waals surface area contributed by atoms with E-state index in [-0.39, 0.29) is 0 Å². The van der Waals surface area contributed by atoms with Crippen molar-refractivity contribution in [2.45, 2.75) is 0 Å². The fourth-order valence-corrected chi connectivity index (χ4v) is 13.6. The van der Waals surface area contributed by atoms with Gasteiger partial charge in [0.25, 0.3) is 0 Å². The van der Waals surface area contributed by atoms with E-state index in [0.29, 0.717) is 0 Å². The zero-order valence-corrected chi connectivity index (χ0v) is 46.9. The average Bonchev–Trinajstić information content (AvgIpc) is 4.21. The third-order valence-corrected chi connectivity index (χ3v) is 17.8. The molecule has 0 radical (unpaired) electrons. The molecule has 0 fully saturated rings. The Labute approximate surface area is 483 Å². The molecule has 0 N–H and O–H groups in total. The van der Waals surface area contributed by atoms with E-state index in [4.69, 9.17) is 0 Å². The van der Waals surface area contributed by atoms with Gasteiger partial charge in [0.05, 0.1) is 33.1 Å². The Balaban J connectivity index is 0.878. The largest absolute Gasteiger partial charge is 0.309 e. The summed E-state index contributed by atoms with van der Waals surface area (Å²) < 4.78 is 9.71. The predicted octanol–water partition coefficient (Wildman–Crippen LogP) is 21.2. The summed E-state index contributed by atoms with van der Waals surface area (Å²) in [5.74, 6) is 0. The second kappa shape index (κ2) is 18.4. The van der Waals surface area contributed by atoms with Gasteiger partial charge >= 0.3 is 0 Å². The Bertz CT molecular complexity index is 4840. The number of benzene rings is 13. The van der Waals surface area contributed by atoms with Crippen LogP contribution in [-0.4, -0.2) is 13.7 Å². The van der Waals surface area contributed by atoms with Crippen molar-refractivity contribution in [2.24, 2.45) is 0 Å². The summed E-state index contributed by atoms with van der Waals surface area (Å²) in [6.07, 6.45) is 0. The van der Waals surface area contributed by atoms with Gasteiger partial charge in [-0.1, -0.05) is 152 Å². The SMILES string of the molecule is Ic1ccc(-n2c3ccccc3c3cc(-c4ccc5c(c4)c4cc(-c6ccc7c(c6)c6ccccc6n7-c6ccc(I)cc6)ccc4n5-c4ccc(-c5c6ccccc6c(-c6ccccc6)c6ccccc56)cc4)ccc32)cc1. The van der Waals surface area contributed by atoms with Crippen LogP contribution in [0.25, 0.3) is 149 Å². The molecule has 0 saturated carbocycles. The van der Waals surface area contributed by atoms with Crippen LogP contribution in [0.4, 0.5) is 0 Å². The number of rotatable bonds is 7. The highest BCUT2D eigenvalue weighted by molar-refractivity contribution is 14.1. The number of hydrogen-bond donors (Lipinski definition) is 0. The van der Waals surface area contributed by atoms with Crippen LogP contribution in [0.5, 0.6) is 0 Å². The van der Waals surface area contributed by atoms with Gasteiger partial charge in [0.2, 0.25) is 0 Å². The standard InChI is InChI=1S/C74H45I2N3/c75-52-28-34-55(35-29-52)77-67-20-10-8-14-57(67)63-42-48(24-38-69(63)77)50-26-40-71-65(44-50)66-45-51(49-25-39-70-64(43-49)58-15-9-11-21-68(58)78(70)56-36-30-53(76)31-37-56)27-41-72(66)79(71)54-32-22-47(23-33-54)74-61-18-6-4-16-59(61)73(46-12-2-1-3-13-46)60-17-5-7-19-62(60)74/h1-45H. The number of fused-ring (bicyclic) bond motifs is 11. The van der Waals surface area contributed by atoms with Crippen molar-refractivity contribution in [1.82, 2.24) is 13.7 Å². The topological polar surface area (TPSA) is 14.8 Å². The molecule has 13 aromatic carbocycles. The van der Waals surface area contributed by atoms with Gasteiger partial charge in [-0.25, -0.2) is 0 Å². The molecule has 5 heteroatoms. The van der Waals surface area contributed by atoms with Crippen LogP contribution in [0.2, 0.25) is 0 Å². The van der Waals surface area contributed by atoms with E-state index in [1.165, 1.54) is 139 Å². The van der Waals surface area contributed by atoms with Gasteiger partial charge in [0, 0.05) is 56.5 Å². The molecule has 370 valence electrons. The highest BCUT2D eigenvalue weighted by Crippen LogP contribution is 2.45. The second-order valence-electron chi connectivity index (χ2n) is 20.7. The third-order valence-electron chi connectivity index (χ3n) is 16.4. The maximum absolute atomic E-state index is 2.46. The molecule has 3 aromatic heterocycles. The van der Waals surface area contributed by atoms with E-state index in [2.05, 4.69) is 332 Å². The number of aromatic nitrogens is 3. The van der Waals surface area contributed by atoms with E-state index >= 15 is 0 Å². The molecule has 3 nitrogen and oxygen atoms in total. The highest BCUT2D eigenvalue weighted by Gasteiger charge is 2.21. The van der Waals surface area contributed by atoms with Crippen LogP contribution in [0.1, 0.15) is 0 Å². The molecule has 0 bridgehead atoms. The Morgan fingerprint density at radius 1 is 0.190 bits per heavy atom. The maximum atomic E-state index is 2.46. The van der Waals surface area contributed by atoms with Gasteiger partial charge in [-0.2, -0.15) is 0 Å². The molecule has 0 atom stereocenters. The zero-order chi connectivity index (χ0) is 52.3. The number of hydrogen-bond acceptors (Lipinski definition) is 0. The molecule has 16 aromatic rings. The molecule has 16 rings (SSSR count). The van der Waals surface area contributed by atoms with Crippen LogP contribution in [-0.2, 0) is 0 Å². The van der Waals surface area contributed by atoms with E-state index in [9.17, 15) is 0 Å². The molecule has 0 saturated heterocycles. The maximum Gasteiger partial charge on any atom is 0.0541 e. The van der Waals surface area contributed by atoms with Crippen molar-refractivity contribution in [3.05, 3.63) is 280 Å². The van der Waals surface area contributed by atoms with Crippen LogP contribution < -0.4 is 0 Å². The lowest BCUT2D eigenvalue weighted by molar-refractivity contribution is 1.18. The fourth-order valence-electron chi connectivity index (χ4n) is 12.8. The monoisotopic (exact) mass is 1230 g/mol. The minimum atomic E-state index is 1.12. The van der Waals surface area contributed by atoms with Crippen molar-refractivity contribution in [3.63, 3.8) is 0 Å². The molecule has 0 aliphatic heterocycles. The lowest BCUT2D eigenvalue weighted by atomic mass is 9.86. The van der Waals surface area contributed by atoms with Crippen LogP contribution in [0.3, 0.4) is 0 Å². The Morgan fingerprint density at radius 2 is 0.443 bits per heavy atom. The first kappa shape index (κ1) is 46.3. The van der Waals surface area contributed by atoms with Gasteiger partial charge in [0.1, 0.15) is 0 Å². The third kappa shape index (κ3) is 7.43.